The number of hydrogen-bond acceptors (Lipinski definition) is 5. The third-order valence-electron chi connectivity index (χ3n) is 1.74. The molecule has 0 bridgehead atoms. The van der Waals surface area contributed by atoms with Gasteiger partial charge in [-0.25, -0.2) is 4.79 Å². The van der Waals surface area contributed by atoms with E-state index < -0.39 is 17.9 Å². The summed E-state index contributed by atoms with van der Waals surface area (Å²) in [7, 11) is 0. The van der Waals surface area contributed by atoms with E-state index in [0.29, 0.717) is 5.69 Å². The number of nitrogens with one attached hydrogen (secondary N) is 2. The van der Waals surface area contributed by atoms with E-state index in [1.807, 2.05) is 5.32 Å². The van der Waals surface area contributed by atoms with Gasteiger partial charge in [-0.3, -0.25) is 14.9 Å². The van der Waals surface area contributed by atoms with Crippen LogP contribution in [-0.2, 0) is 16.1 Å². The lowest BCUT2D eigenvalue weighted by atomic mass is 10.3. The molecule has 0 aliphatic heterocycles. The van der Waals surface area contributed by atoms with E-state index in [9.17, 15) is 14.4 Å². The number of rotatable bonds is 5. The molecule has 8 nitrogen and oxygen atoms in total. The second-order valence-electron chi connectivity index (χ2n) is 3.12. The molecule has 0 aliphatic carbocycles. The fourth-order valence-corrected chi connectivity index (χ4v) is 0.953. The Bertz CT molecular complexity index is 401. The Morgan fingerprint density at radius 1 is 1.35 bits per heavy atom. The summed E-state index contributed by atoms with van der Waals surface area (Å²) in [4.78, 5) is 32.4. The number of carboxylic acid groups (broad SMARTS) is 1. The van der Waals surface area contributed by atoms with E-state index in [-0.39, 0.29) is 19.4 Å². The first-order chi connectivity index (χ1) is 8.08. The molecule has 0 atom stereocenters. The molecule has 3 amide bonds. The third kappa shape index (κ3) is 5.30. The smallest absolute Gasteiger partial charge is 0.321 e. The van der Waals surface area contributed by atoms with Crippen LogP contribution in [-0.4, -0.2) is 28.2 Å². The minimum atomic E-state index is -1.09. The molecule has 92 valence electrons. The van der Waals surface area contributed by atoms with Gasteiger partial charge in [-0.2, -0.15) is 0 Å². The van der Waals surface area contributed by atoms with Gasteiger partial charge in [0.1, 0.15) is 12.0 Å². The number of carbonyl (C=O) groups excluding carboxylic acids is 2. The van der Waals surface area contributed by atoms with Crippen LogP contribution in [0, 0.1) is 0 Å². The lowest BCUT2D eigenvalue weighted by Crippen LogP contribution is -2.39. The van der Waals surface area contributed by atoms with Gasteiger partial charge in [0.2, 0.25) is 5.91 Å². The minimum Gasteiger partial charge on any atom is -0.481 e. The maximum Gasteiger partial charge on any atom is 0.321 e. The molecule has 3 N–H and O–H groups in total. The average Bonchev–Trinajstić information content (AvgIpc) is 2.76. The summed E-state index contributed by atoms with van der Waals surface area (Å²) in [6, 6.07) is 0.857. The summed E-state index contributed by atoms with van der Waals surface area (Å²) in [5.74, 6) is -1.74. The molecule has 1 aromatic rings. The standard InChI is InChI=1S/C9H11N3O5/c13-7(1-2-8(14)15)11-9(16)10-5-6-3-4-17-12-6/h3-4H,1-2,5H2,(H,14,15)(H2,10,11,13,16). The van der Waals surface area contributed by atoms with E-state index in [1.165, 1.54) is 6.26 Å². The number of urea groups is 1. The quantitative estimate of drug-likeness (QED) is 0.659. The predicted octanol–water partition coefficient (Wildman–Crippen LogP) is -0.135. The lowest BCUT2D eigenvalue weighted by molar-refractivity contribution is -0.138. The summed E-state index contributed by atoms with van der Waals surface area (Å²) < 4.78 is 4.54. The van der Waals surface area contributed by atoms with Crippen molar-refractivity contribution in [1.82, 2.24) is 15.8 Å². The zero-order chi connectivity index (χ0) is 12.7. The third-order valence-corrected chi connectivity index (χ3v) is 1.74. The number of amides is 3. The van der Waals surface area contributed by atoms with Crippen molar-refractivity contribution in [3.05, 3.63) is 18.0 Å². The van der Waals surface area contributed by atoms with E-state index in [1.54, 1.807) is 6.07 Å². The topological polar surface area (TPSA) is 122 Å². The lowest BCUT2D eigenvalue weighted by Gasteiger charge is -2.03. The van der Waals surface area contributed by atoms with E-state index in [2.05, 4.69) is 15.0 Å². The molecule has 1 heterocycles. The van der Waals surface area contributed by atoms with Crippen molar-refractivity contribution in [3.8, 4) is 0 Å². The van der Waals surface area contributed by atoms with Crippen molar-refractivity contribution >= 4 is 17.9 Å². The highest BCUT2D eigenvalue weighted by Gasteiger charge is 2.09. The molecule has 0 aromatic carbocycles. The highest BCUT2D eigenvalue weighted by Crippen LogP contribution is 1.93. The van der Waals surface area contributed by atoms with Gasteiger partial charge in [0.15, 0.2) is 0 Å². The monoisotopic (exact) mass is 241 g/mol. The normalized spacial score (nSPS) is 9.65. The number of aromatic nitrogens is 1. The second-order valence-corrected chi connectivity index (χ2v) is 3.12. The molecule has 0 spiro atoms. The Morgan fingerprint density at radius 2 is 2.12 bits per heavy atom. The SMILES string of the molecule is O=C(O)CCC(=O)NC(=O)NCc1ccon1. The van der Waals surface area contributed by atoms with Gasteiger partial charge in [0.05, 0.1) is 13.0 Å². The highest BCUT2D eigenvalue weighted by atomic mass is 16.5. The number of nitrogens with zero attached hydrogens (tertiary/aromatic N) is 1. The maximum absolute atomic E-state index is 11.1. The van der Waals surface area contributed by atoms with Gasteiger partial charge in [0, 0.05) is 12.5 Å². The van der Waals surface area contributed by atoms with Gasteiger partial charge < -0.3 is 14.9 Å². The van der Waals surface area contributed by atoms with Gasteiger partial charge in [-0.05, 0) is 0 Å². The Kier molecular flexibility index (Phi) is 4.67. The Morgan fingerprint density at radius 3 is 2.71 bits per heavy atom. The Labute approximate surface area is 96.0 Å². The van der Waals surface area contributed by atoms with Crippen LogP contribution in [0.15, 0.2) is 16.9 Å². The first-order valence-corrected chi connectivity index (χ1v) is 4.76. The molecule has 0 saturated carbocycles. The van der Waals surface area contributed by atoms with Crippen LogP contribution in [0.5, 0.6) is 0 Å². The molecule has 0 aliphatic rings. The van der Waals surface area contributed by atoms with Crippen LogP contribution in [0.3, 0.4) is 0 Å². The molecule has 0 unspecified atom stereocenters. The van der Waals surface area contributed by atoms with Crippen molar-refractivity contribution in [2.45, 2.75) is 19.4 Å². The predicted molar refractivity (Wildman–Crippen MR) is 53.8 cm³/mol. The molecule has 8 heteroatoms. The zero-order valence-corrected chi connectivity index (χ0v) is 8.80. The molecule has 0 fully saturated rings. The fourth-order valence-electron chi connectivity index (χ4n) is 0.953. The van der Waals surface area contributed by atoms with Crippen molar-refractivity contribution in [2.75, 3.05) is 0 Å². The van der Waals surface area contributed by atoms with E-state index in [4.69, 9.17) is 5.11 Å². The van der Waals surface area contributed by atoms with Gasteiger partial charge >= 0.3 is 12.0 Å². The fraction of sp³-hybridized carbons (Fsp3) is 0.333. The number of imide groups is 1. The van der Waals surface area contributed by atoms with Crippen LogP contribution >= 0.6 is 0 Å². The summed E-state index contributed by atoms with van der Waals surface area (Å²) in [5.41, 5.74) is 0.512. The summed E-state index contributed by atoms with van der Waals surface area (Å²) in [6.07, 6.45) is 0.794. The van der Waals surface area contributed by atoms with Gasteiger partial charge in [0.25, 0.3) is 0 Å². The number of aliphatic carboxylic acids is 1. The molecule has 0 radical (unpaired) electrons. The minimum absolute atomic E-state index is 0.120. The van der Waals surface area contributed by atoms with Crippen LogP contribution < -0.4 is 10.6 Å². The zero-order valence-electron chi connectivity index (χ0n) is 8.80. The Balaban J connectivity index is 2.20. The number of carboxylic acids is 1. The summed E-state index contributed by atoms with van der Waals surface area (Å²) in [5, 5.41) is 16.2. The van der Waals surface area contributed by atoms with Gasteiger partial charge in [-0.15, -0.1) is 0 Å². The van der Waals surface area contributed by atoms with Crippen molar-refractivity contribution in [2.24, 2.45) is 0 Å². The molecular weight excluding hydrogens is 230 g/mol. The molecular formula is C9H11N3O5. The summed E-state index contributed by atoms with van der Waals surface area (Å²) in [6.45, 7) is 0.120. The molecule has 17 heavy (non-hydrogen) atoms. The van der Waals surface area contributed by atoms with Crippen molar-refractivity contribution in [3.63, 3.8) is 0 Å². The average molecular weight is 241 g/mol. The number of hydrogen-bond donors (Lipinski definition) is 3. The largest absolute Gasteiger partial charge is 0.481 e. The maximum atomic E-state index is 11.1. The first-order valence-electron chi connectivity index (χ1n) is 4.76. The van der Waals surface area contributed by atoms with Gasteiger partial charge in [-0.1, -0.05) is 5.16 Å². The van der Waals surface area contributed by atoms with Crippen molar-refractivity contribution in [1.29, 1.82) is 0 Å². The first kappa shape index (κ1) is 12.7. The van der Waals surface area contributed by atoms with E-state index in [0.717, 1.165) is 0 Å². The van der Waals surface area contributed by atoms with E-state index >= 15 is 0 Å². The molecule has 0 saturated heterocycles. The second kappa shape index (κ2) is 6.26. The number of carbonyl (C=O) groups is 3. The Hall–Kier alpha value is -2.38. The molecule has 1 rings (SSSR count). The van der Waals surface area contributed by atoms with Crippen molar-refractivity contribution < 1.29 is 24.0 Å². The highest BCUT2D eigenvalue weighted by molar-refractivity contribution is 5.95. The van der Waals surface area contributed by atoms with Crippen LogP contribution in [0.2, 0.25) is 0 Å². The van der Waals surface area contributed by atoms with Crippen LogP contribution in [0.1, 0.15) is 18.5 Å². The summed E-state index contributed by atoms with van der Waals surface area (Å²) >= 11 is 0. The van der Waals surface area contributed by atoms with Crippen LogP contribution in [0.25, 0.3) is 0 Å². The molecule has 1 aromatic heterocycles. The van der Waals surface area contributed by atoms with Crippen LogP contribution in [0.4, 0.5) is 4.79 Å².